The van der Waals surface area contributed by atoms with Crippen LogP contribution in [0.2, 0.25) is 0 Å². The summed E-state index contributed by atoms with van der Waals surface area (Å²) in [6.07, 6.45) is 0. The molecule has 2 heterocycles. The van der Waals surface area contributed by atoms with Gasteiger partial charge in [-0.25, -0.2) is 0 Å². The number of nitrogens with two attached hydrogens (primary N) is 1. The van der Waals surface area contributed by atoms with Gasteiger partial charge in [-0.1, -0.05) is 12.1 Å². The van der Waals surface area contributed by atoms with Crippen molar-refractivity contribution in [2.45, 2.75) is 0 Å². The Balaban J connectivity index is 2.01. The summed E-state index contributed by atoms with van der Waals surface area (Å²) in [5.74, 6) is 1.74. The average Bonchev–Trinajstić information content (AvgIpc) is 2.83. The molecule has 0 spiro atoms. The van der Waals surface area contributed by atoms with Crippen molar-refractivity contribution in [2.75, 3.05) is 22.2 Å². The van der Waals surface area contributed by atoms with Gasteiger partial charge in [0, 0.05) is 11.5 Å². The Labute approximate surface area is 97.5 Å². The van der Waals surface area contributed by atoms with Gasteiger partial charge in [0.25, 0.3) is 5.91 Å². The van der Waals surface area contributed by atoms with E-state index in [1.807, 2.05) is 18.2 Å². The van der Waals surface area contributed by atoms with Crippen LogP contribution in [0.15, 0.2) is 29.4 Å². The Morgan fingerprint density at radius 3 is 3.00 bits per heavy atom. The number of para-hydroxylation sites is 2. The summed E-state index contributed by atoms with van der Waals surface area (Å²) < 4.78 is 0. The topological polar surface area (TPSA) is 58.7 Å². The van der Waals surface area contributed by atoms with Crippen molar-refractivity contribution in [3.8, 4) is 0 Å². The first-order valence-electron chi connectivity index (χ1n) is 5.11. The molecule has 0 aromatic heterocycles. The number of hydrogen-bond acceptors (Lipinski definition) is 4. The van der Waals surface area contributed by atoms with Gasteiger partial charge in [-0.05, 0) is 12.1 Å². The van der Waals surface area contributed by atoms with Crippen molar-refractivity contribution in [1.29, 1.82) is 0 Å². The minimum absolute atomic E-state index is 0.0235. The van der Waals surface area contributed by atoms with Crippen LogP contribution in [0.3, 0.4) is 0 Å². The van der Waals surface area contributed by atoms with Gasteiger partial charge in [0.1, 0.15) is 0 Å². The average molecular weight is 233 g/mol. The molecule has 0 bridgehead atoms. The second-order valence-electron chi connectivity index (χ2n) is 3.87. The predicted octanol–water partition coefficient (Wildman–Crippen LogP) is 1.33. The highest BCUT2D eigenvalue weighted by molar-refractivity contribution is 8.00. The third kappa shape index (κ3) is 1.31. The number of rotatable bonds is 1. The molecular weight excluding hydrogens is 222 g/mol. The molecule has 1 atom stereocenters. The van der Waals surface area contributed by atoms with Crippen LogP contribution in [-0.2, 0) is 4.79 Å². The van der Waals surface area contributed by atoms with Crippen LogP contribution >= 0.6 is 11.8 Å². The van der Waals surface area contributed by atoms with Gasteiger partial charge in [-0.3, -0.25) is 4.79 Å². The number of nitrogens with zero attached hydrogens (tertiary/aromatic N) is 2. The van der Waals surface area contributed by atoms with E-state index in [0.29, 0.717) is 11.4 Å². The predicted molar refractivity (Wildman–Crippen MR) is 66.6 cm³/mol. The number of benzene rings is 1. The van der Waals surface area contributed by atoms with Gasteiger partial charge in [-0.15, -0.1) is 0 Å². The Morgan fingerprint density at radius 1 is 1.44 bits per heavy atom. The van der Waals surface area contributed by atoms with Crippen molar-refractivity contribution < 1.29 is 4.79 Å². The zero-order chi connectivity index (χ0) is 11.1. The lowest BCUT2D eigenvalue weighted by molar-refractivity contribution is -0.119. The van der Waals surface area contributed by atoms with E-state index < -0.39 is 0 Å². The minimum Gasteiger partial charge on any atom is -0.397 e. The van der Waals surface area contributed by atoms with Gasteiger partial charge >= 0.3 is 0 Å². The molecule has 1 fully saturated rings. The Bertz CT molecular complexity index is 486. The first-order valence-corrected chi connectivity index (χ1v) is 6.26. The van der Waals surface area contributed by atoms with Gasteiger partial charge in [0.2, 0.25) is 0 Å². The SMILES string of the molecule is Nc1ccccc1N1N=C2CSCC2C1=O. The minimum atomic E-state index is -0.0235. The highest BCUT2D eigenvalue weighted by Crippen LogP contribution is 2.33. The van der Waals surface area contributed by atoms with E-state index in [1.165, 1.54) is 5.01 Å². The lowest BCUT2D eigenvalue weighted by Gasteiger charge is -2.15. The molecule has 82 valence electrons. The molecule has 5 heteroatoms. The molecule has 2 N–H and O–H groups in total. The monoisotopic (exact) mass is 233 g/mol. The molecule has 2 aliphatic heterocycles. The van der Waals surface area contributed by atoms with Crippen molar-refractivity contribution in [1.82, 2.24) is 0 Å². The van der Waals surface area contributed by atoms with Crippen LogP contribution in [0.25, 0.3) is 0 Å². The lowest BCUT2D eigenvalue weighted by Crippen LogP contribution is -2.27. The summed E-state index contributed by atoms with van der Waals surface area (Å²) >= 11 is 1.76. The number of carbonyl (C=O) groups excluding carboxylic acids is 1. The van der Waals surface area contributed by atoms with Gasteiger partial charge in [0.05, 0.1) is 23.0 Å². The van der Waals surface area contributed by atoms with Crippen LogP contribution < -0.4 is 10.7 Å². The number of amides is 1. The van der Waals surface area contributed by atoms with Gasteiger partial charge < -0.3 is 5.73 Å². The summed E-state index contributed by atoms with van der Waals surface area (Å²) in [7, 11) is 0. The molecule has 0 radical (unpaired) electrons. The van der Waals surface area contributed by atoms with E-state index in [4.69, 9.17) is 5.73 Å². The third-order valence-corrected chi connectivity index (χ3v) is 3.91. The number of carbonyl (C=O) groups is 1. The van der Waals surface area contributed by atoms with Crippen molar-refractivity contribution in [2.24, 2.45) is 11.0 Å². The summed E-state index contributed by atoms with van der Waals surface area (Å²) in [6.45, 7) is 0. The Morgan fingerprint density at radius 2 is 2.25 bits per heavy atom. The third-order valence-electron chi connectivity index (χ3n) is 2.84. The fourth-order valence-corrected chi connectivity index (χ4v) is 3.13. The molecule has 0 saturated carbocycles. The van der Waals surface area contributed by atoms with Crippen molar-refractivity contribution >= 4 is 34.8 Å². The second-order valence-corrected chi connectivity index (χ2v) is 4.90. The molecule has 16 heavy (non-hydrogen) atoms. The van der Waals surface area contributed by atoms with Crippen molar-refractivity contribution in [3.05, 3.63) is 24.3 Å². The van der Waals surface area contributed by atoms with E-state index in [1.54, 1.807) is 17.8 Å². The number of hydrazone groups is 1. The van der Waals surface area contributed by atoms with Gasteiger partial charge in [-0.2, -0.15) is 21.9 Å². The molecule has 0 aliphatic carbocycles. The summed E-state index contributed by atoms with van der Waals surface area (Å²) in [5.41, 5.74) is 8.11. The number of thioether (sulfide) groups is 1. The maximum atomic E-state index is 12.1. The molecule has 1 aromatic carbocycles. The molecule has 3 rings (SSSR count). The van der Waals surface area contributed by atoms with E-state index >= 15 is 0 Å². The van der Waals surface area contributed by atoms with E-state index in [0.717, 1.165) is 17.2 Å². The number of hydrogen-bond donors (Lipinski definition) is 1. The highest BCUT2D eigenvalue weighted by Gasteiger charge is 2.40. The van der Waals surface area contributed by atoms with Crippen LogP contribution in [0.5, 0.6) is 0 Å². The lowest BCUT2D eigenvalue weighted by atomic mass is 10.1. The van der Waals surface area contributed by atoms with E-state index in [-0.39, 0.29) is 11.8 Å². The van der Waals surface area contributed by atoms with Crippen molar-refractivity contribution in [3.63, 3.8) is 0 Å². The Kier molecular flexibility index (Phi) is 2.14. The van der Waals surface area contributed by atoms with Crippen LogP contribution in [0.1, 0.15) is 0 Å². The first kappa shape index (κ1) is 9.72. The fourth-order valence-electron chi connectivity index (χ4n) is 1.97. The molecule has 1 unspecified atom stereocenters. The largest absolute Gasteiger partial charge is 0.397 e. The highest BCUT2D eigenvalue weighted by atomic mass is 32.2. The number of nitrogen functional groups attached to an aromatic ring is 1. The van der Waals surface area contributed by atoms with Crippen LogP contribution in [-0.4, -0.2) is 23.1 Å². The van der Waals surface area contributed by atoms with E-state index in [2.05, 4.69) is 5.10 Å². The number of anilines is 2. The molecule has 1 aromatic rings. The quantitative estimate of drug-likeness (QED) is 0.744. The second kappa shape index (κ2) is 3.52. The maximum Gasteiger partial charge on any atom is 0.257 e. The molecule has 2 aliphatic rings. The molecule has 1 amide bonds. The zero-order valence-corrected chi connectivity index (χ0v) is 9.41. The van der Waals surface area contributed by atoms with E-state index in [9.17, 15) is 4.79 Å². The fraction of sp³-hybridized carbons (Fsp3) is 0.273. The van der Waals surface area contributed by atoms with Crippen LogP contribution in [0.4, 0.5) is 11.4 Å². The maximum absolute atomic E-state index is 12.1. The molecule has 4 nitrogen and oxygen atoms in total. The van der Waals surface area contributed by atoms with Crippen LogP contribution in [0, 0.1) is 5.92 Å². The molecule has 1 saturated heterocycles. The smallest absolute Gasteiger partial charge is 0.257 e. The summed E-state index contributed by atoms with van der Waals surface area (Å²) in [4.78, 5) is 12.1. The summed E-state index contributed by atoms with van der Waals surface area (Å²) in [6, 6.07) is 7.32. The standard InChI is InChI=1S/C11H11N3OS/c12-8-3-1-2-4-10(8)14-11(15)7-5-16-6-9(7)13-14/h1-4,7H,5-6,12H2. The first-order chi connectivity index (χ1) is 7.77. The summed E-state index contributed by atoms with van der Waals surface area (Å²) in [5, 5.41) is 5.82. The van der Waals surface area contributed by atoms with Gasteiger partial charge in [0.15, 0.2) is 0 Å². The normalized spacial score (nSPS) is 23.5. The number of fused-ring (bicyclic) bond motifs is 1. The zero-order valence-electron chi connectivity index (χ0n) is 8.59. The molecular formula is C11H11N3OS. The Hall–Kier alpha value is -1.49.